The number of nitrogens with one attached hydrogen (secondary N) is 1. The second-order valence-electron chi connectivity index (χ2n) is 5.21. The number of nitrogens with zero attached hydrogens (tertiary/aromatic N) is 1. The van der Waals surface area contributed by atoms with Gasteiger partial charge in [0.2, 0.25) is 5.88 Å². The third-order valence-corrected chi connectivity index (χ3v) is 3.82. The van der Waals surface area contributed by atoms with Crippen molar-refractivity contribution >= 4 is 23.5 Å². The highest BCUT2D eigenvalue weighted by Crippen LogP contribution is 2.30. The SMILES string of the molecule is COC(=O)c1c(-c2ccc(F)cc2)noc1NCc1ccc(Cl)cc1. The van der Waals surface area contributed by atoms with Crippen molar-refractivity contribution in [3.8, 4) is 11.3 Å². The zero-order valence-corrected chi connectivity index (χ0v) is 14.0. The molecule has 2 aromatic carbocycles. The second kappa shape index (κ2) is 7.36. The number of benzene rings is 2. The maximum absolute atomic E-state index is 13.1. The van der Waals surface area contributed by atoms with Crippen LogP contribution in [-0.2, 0) is 11.3 Å². The first kappa shape index (κ1) is 17.0. The van der Waals surface area contributed by atoms with E-state index < -0.39 is 5.97 Å². The molecule has 25 heavy (non-hydrogen) atoms. The van der Waals surface area contributed by atoms with Crippen LogP contribution >= 0.6 is 11.6 Å². The first-order chi connectivity index (χ1) is 12.1. The standard InChI is InChI=1S/C18H14ClFN2O3/c1-24-18(23)15-16(12-4-8-14(20)9-5-12)22-25-17(15)21-10-11-2-6-13(19)7-3-11/h2-9,21H,10H2,1H3. The van der Waals surface area contributed by atoms with E-state index in [0.717, 1.165) is 5.56 Å². The van der Waals surface area contributed by atoms with E-state index in [1.54, 1.807) is 12.1 Å². The van der Waals surface area contributed by atoms with Crippen LogP contribution in [0.1, 0.15) is 15.9 Å². The molecule has 7 heteroatoms. The third-order valence-electron chi connectivity index (χ3n) is 3.57. The first-order valence-electron chi connectivity index (χ1n) is 7.40. The molecular formula is C18H14ClFN2O3. The molecule has 1 N–H and O–H groups in total. The second-order valence-corrected chi connectivity index (χ2v) is 5.65. The van der Waals surface area contributed by atoms with E-state index in [0.29, 0.717) is 17.1 Å². The molecule has 0 aliphatic carbocycles. The van der Waals surface area contributed by atoms with Gasteiger partial charge in [0.1, 0.15) is 11.5 Å². The molecule has 0 unspecified atom stereocenters. The molecule has 0 fully saturated rings. The molecule has 0 saturated carbocycles. The van der Waals surface area contributed by atoms with Crippen molar-refractivity contribution in [1.29, 1.82) is 0 Å². The Hall–Kier alpha value is -2.86. The van der Waals surface area contributed by atoms with Gasteiger partial charge >= 0.3 is 5.97 Å². The minimum absolute atomic E-state index is 0.156. The lowest BCUT2D eigenvalue weighted by atomic mass is 10.1. The van der Waals surface area contributed by atoms with Gasteiger partial charge in [-0.3, -0.25) is 0 Å². The Labute approximate surface area is 148 Å². The van der Waals surface area contributed by atoms with Crippen LogP contribution in [-0.4, -0.2) is 18.2 Å². The molecule has 0 spiro atoms. The van der Waals surface area contributed by atoms with E-state index in [9.17, 15) is 9.18 Å². The van der Waals surface area contributed by atoms with Gasteiger partial charge in [-0.1, -0.05) is 28.9 Å². The molecule has 0 radical (unpaired) electrons. The Balaban J connectivity index is 1.89. The van der Waals surface area contributed by atoms with Crippen molar-refractivity contribution in [3.05, 3.63) is 70.5 Å². The molecular weight excluding hydrogens is 347 g/mol. The summed E-state index contributed by atoms with van der Waals surface area (Å²) in [6, 6.07) is 12.8. The van der Waals surface area contributed by atoms with Crippen LogP contribution < -0.4 is 5.32 Å². The average Bonchev–Trinajstić information content (AvgIpc) is 3.05. The summed E-state index contributed by atoms with van der Waals surface area (Å²) in [5, 5.41) is 7.58. The summed E-state index contributed by atoms with van der Waals surface area (Å²) in [7, 11) is 1.27. The summed E-state index contributed by atoms with van der Waals surface area (Å²) in [5.41, 5.74) is 1.93. The zero-order chi connectivity index (χ0) is 17.8. The molecule has 0 saturated heterocycles. The van der Waals surface area contributed by atoms with Crippen LogP contribution in [0.5, 0.6) is 0 Å². The minimum atomic E-state index is -0.598. The van der Waals surface area contributed by atoms with Crippen LogP contribution in [0.2, 0.25) is 5.02 Å². The van der Waals surface area contributed by atoms with E-state index in [1.165, 1.54) is 31.4 Å². The van der Waals surface area contributed by atoms with Crippen molar-refractivity contribution in [2.75, 3.05) is 12.4 Å². The van der Waals surface area contributed by atoms with E-state index in [-0.39, 0.29) is 23.0 Å². The summed E-state index contributed by atoms with van der Waals surface area (Å²) in [4.78, 5) is 12.2. The number of esters is 1. The molecule has 0 amide bonds. The molecule has 0 bridgehead atoms. The number of anilines is 1. The number of aromatic nitrogens is 1. The number of ether oxygens (including phenoxy) is 1. The molecule has 0 atom stereocenters. The quantitative estimate of drug-likeness (QED) is 0.677. The largest absolute Gasteiger partial charge is 0.465 e. The van der Waals surface area contributed by atoms with Gasteiger partial charge in [-0.25, -0.2) is 9.18 Å². The Bertz CT molecular complexity index is 876. The van der Waals surface area contributed by atoms with Gasteiger partial charge in [-0.15, -0.1) is 0 Å². The maximum atomic E-state index is 13.1. The lowest BCUT2D eigenvalue weighted by Crippen LogP contribution is -2.07. The summed E-state index contributed by atoms with van der Waals surface area (Å²) >= 11 is 5.86. The van der Waals surface area contributed by atoms with Crippen LogP contribution in [0.15, 0.2) is 53.1 Å². The lowest BCUT2D eigenvalue weighted by Gasteiger charge is -2.06. The molecule has 1 aromatic heterocycles. The van der Waals surface area contributed by atoms with E-state index >= 15 is 0 Å². The molecule has 0 aliphatic heterocycles. The van der Waals surface area contributed by atoms with E-state index in [1.807, 2.05) is 12.1 Å². The van der Waals surface area contributed by atoms with Crippen molar-refractivity contribution in [3.63, 3.8) is 0 Å². The van der Waals surface area contributed by atoms with Crippen molar-refractivity contribution < 1.29 is 18.4 Å². The number of rotatable bonds is 5. The molecule has 0 aliphatic rings. The fourth-order valence-electron chi connectivity index (χ4n) is 2.29. The summed E-state index contributed by atoms with van der Waals surface area (Å²) in [5.74, 6) is -0.798. The van der Waals surface area contributed by atoms with Crippen LogP contribution in [0.25, 0.3) is 11.3 Å². The Morgan fingerprint density at radius 1 is 1.20 bits per heavy atom. The Kier molecular flexibility index (Phi) is 5.00. The normalized spacial score (nSPS) is 10.5. The average molecular weight is 361 g/mol. The predicted molar refractivity (Wildman–Crippen MR) is 92.0 cm³/mol. The van der Waals surface area contributed by atoms with Gasteiger partial charge in [0.15, 0.2) is 5.56 Å². The summed E-state index contributed by atoms with van der Waals surface area (Å²) in [6.07, 6.45) is 0. The Morgan fingerprint density at radius 3 is 2.52 bits per heavy atom. The number of halogens is 2. The first-order valence-corrected chi connectivity index (χ1v) is 7.78. The highest BCUT2D eigenvalue weighted by Gasteiger charge is 2.24. The smallest absolute Gasteiger partial charge is 0.345 e. The van der Waals surface area contributed by atoms with Crippen molar-refractivity contribution in [2.24, 2.45) is 0 Å². The number of carbonyl (C=O) groups excluding carboxylic acids is 1. The van der Waals surface area contributed by atoms with Gasteiger partial charge in [0.25, 0.3) is 0 Å². The van der Waals surface area contributed by atoms with Gasteiger partial charge in [-0.05, 0) is 42.0 Å². The van der Waals surface area contributed by atoms with Crippen LogP contribution in [0.3, 0.4) is 0 Å². The number of hydrogen-bond donors (Lipinski definition) is 1. The van der Waals surface area contributed by atoms with Crippen molar-refractivity contribution in [1.82, 2.24) is 5.16 Å². The third kappa shape index (κ3) is 3.80. The monoisotopic (exact) mass is 360 g/mol. The minimum Gasteiger partial charge on any atom is -0.465 e. The van der Waals surface area contributed by atoms with Gasteiger partial charge < -0.3 is 14.6 Å². The van der Waals surface area contributed by atoms with Crippen LogP contribution in [0.4, 0.5) is 10.3 Å². The van der Waals surface area contributed by atoms with Gasteiger partial charge in [0.05, 0.1) is 7.11 Å². The topological polar surface area (TPSA) is 64.4 Å². The number of methoxy groups -OCH3 is 1. The fourth-order valence-corrected chi connectivity index (χ4v) is 2.42. The highest BCUT2D eigenvalue weighted by molar-refractivity contribution is 6.30. The van der Waals surface area contributed by atoms with E-state index in [2.05, 4.69) is 10.5 Å². The number of hydrogen-bond acceptors (Lipinski definition) is 5. The molecule has 5 nitrogen and oxygen atoms in total. The molecule has 128 valence electrons. The summed E-state index contributed by atoms with van der Waals surface area (Å²) in [6.45, 7) is 0.402. The predicted octanol–water partition coefficient (Wildman–Crippen LogP) is 4.53. The highest BCUT2D eigenvalue weighted by atomic mass is 35.5. The molecule has 3 aromatic rings. The molecule has 1 heterocycles. The lowest BCUT2D eigenvalue weighted by molar-refractivity contribution is 0.0602. The zero-order valence-electron chi connectivity index (χ0n) is 13.3. The molecule has 3 rings (SSSR count). The van der Waals surface area contributed by atoms with Crippen LogP contribution in [0, 0.1) is 5.82 Å². The van der Waals surface area contributed by atoms with Gasteiger partial charge in [-0.2, -0.15) is 0 Å². The Morgan fingerprint density at radius 2 is 1.88 bits per heavy atom. The van der Waals surface area contributed by atoms with E-state index in [4.69, 9.17) is 20.9 Å². The maximum Gasteiger partial charge on any atom is 0.345 e. The van der Waals surface area contributed by atoms with Gasteiger partial charge in [0, 0.05) is 17.1 Å². The number of carbonyl (C=O) groups is 1. The fraction of sp³-hybridized carbons (Fsp3) is 0.111. The summed E-state index contributed by atoms with van der Waals surface area (Å²) < 4.78 is 23.2. The van der Waals surface area contributed by atoms with Crippen molar-refractivity contribution in [2.45, 2.75) is 6.54 Å².